The topological polar surface area (TPSA) is 134 Å². The lowest BCUT2D eigenvalue weighted by atomic mass is 10.0. The molecule has 2 aromatic carbocycles. The fraction of sp³-hybridized carbons (Fsp3) is 0.500. The summed E-state index contributed by atoms with van der Waals surface area (Å²) in [5.41, 5.74) is -0.236. The second-order valence-corrected chi connectivity index (χ2v) is 9.41. The van der Waals surface area contributed by atoms with Crippen LogP contribution >= 0.6 is 0 Å². The van der Waals surface area contributed by atoms with Gasteiger partial charge in [0.25, 0.3) is 11.4 Å². The molecule has 1 fully saturated rings. The average molecular weight is 529 g/mol. The fourth-order valence-corrected chi connectivity index (χ4v) is 4.64. The van der Waals surface area contributed by atoms with Crippen LogP contribution in [0.25, 0.3) is 0 Å². The first kappa shape index (κ1) is 29.1. The van der Waals surface area contributed by atoms with Gasteiger partial charge in [0, 0.05) is 12.1 Å². The third kappa shape index (κ3) is 8.53. The van der Waals surface area contributed by atoms with Crippen molar-refractivity contribution in [2.24, 2.45) is 0 Å². The van der Waals surface area contributed by atoms with E-state index in [9.17, 15) is 25.3 Å². The molecule has 3 rings (SSSR count). The van der Waals surface area contributed by atoms with Crippen molar-refractivity contribution in [3.63, 3.8) is 0 Å². The van der Waals surface area contributed by atoms with Crippen LogP contribution < -0.4 is 9.47 Å². The molecule has 10 nitrogen and oxygen atoms in total. The van der Waals surface area contributed by atoms with Gasteiger partial charge in [-0.25, -0.2) is 0 Å². The van der Waals surface area contributed by atoms with Crippen LogP contribution in [0.5, 0.6) is 11.5 Å². The van der Waals surface area contributed by atoms with E-state index < -0.39 is 34.3 Å². The smallest absolute Gasteiger partial charge is 0.273 e. The number of aliphatic hydroxyl groups is 1. The Balaban J connectivity index is 1.70. The molecule has 2 aromatic rings. The SMILES string of the molecule is C=CCCCCCCCCC[C@H]1O[C@H](CO)[C@@H](Oc2cccc([N+](=O)[O-])c2)[C@@H]1Oc1cccc([N+](=O)[O-])c1. The minimum atomic E-state index is -0.781. The van der Waals surface area contributed by atoms with E-state index in [0.29, 0.717) is 6.42 Å². The van der Waals surface area contributed by atoms with Gasteiger partial charge in [0.15, 0.2) is 12.2 Å². The number of hydrogen-bond acceptors (Lipinski definition) is 8. The fourth-order valence-electron chi connectivity index (χ4n) is 4.64. The highest BCUT2D eigenvalue weighted by atomic mass is 16.6. The molecule has 10 heteroatoms. The number of aliphatic hydroxyl groups excluding tert-OH is 1. The summed E-state index contributed by atoms with van der Waals surface area (Å²) in [5.74, 6) is 0.527. The van der Waals surface area contributed by atoms with Crippen LogP contribution in [0.1, 0.15) is 57.8 Å². The molecule has 1 heterocycles. The molecule has 0 bridgehead atoms. The number of nitrogens with zero attached hydrogens (tertiary/aromatic N) is 2. The van der Waals surface area contributed by atoms with Crippen molar-refractivity contribution in [1.29, 1.82) is 0 Å². The molecule has 0 unspecified atom stereocenters. The summed E-state index contributed by atoms with van der Waals surface area (Å²) in [7, 11) is 0. The zero-order valence-electron chi connectivity index (χ0n) is 21.5. The Bertz CT molecular complexity index is 1060. The highest BCUT2D eigenvalue weighted by Gasteiger charge is 2.47. The van der Waals surface area contributed by atoms with Gasteiger partial charge < -0.3 is 19.3 Å². The lowest BCUT2D eigenvalue weighted by Gasteiger charge is -2.26. The summed E-state index contributed by atoms with van der Waals surface area (Å²) in [5, 5.41) is 32.5. The molecular weight excluding hydrogens is 492 g/mol. The van der Waals surface area contributed by atoms with Gasteiger partial charge in [-0.2, -0.15) is 0 Å². The van der Waals surface area contributed by atoms with Crippen LogP contribution in [0.2, 0.25) is 0 Å². The predicted molar refractivity (Wildman–Crippen MR) is 143 cm³/mol. The van der Waals surface area contributed by atoms with Gasteiger partial charge in [0.1, 0.15) is 17.6 Å². The number of nitro benzene ring substituents is 2. The Morgan fingerprint density at radius 3 is 1.82 bits per heavy atom. The van der Waals surface area contributed by atoms with Crippen molar-refractivity contribution >= 4 is 11.4 Å². The lowest BCUT2D eigenvalue weighted by molar-refractivity contribution is -0.385. The van der Waals surface area contributed by atoms with E-state index in [-0.39, 0.29) is 29.5 Å². The third-order valence-corrected chi connectivity index (χ3v) is 6.58. The molecule has 1 aliphatic heterocycles. The molecule has 38 heavy (non-hydrogen) atoms. The molecule has 206 valence electrons. The minimum Gasteiger partial charge on any atom is -0.483 e. The number of unbranched alkanes of at least 4 members (excludes halogenated alkanes) is 7. The van der Waals surface area contributed by atoms with Gasteiger partial charge in [0.05, 0.1) is 34.7 Å². The number of ether oxygens (including phenoxy) is 3. The Morgan fingerprint density at radius 2 is 1.32 bits per heavy atom. The second-order valence-electron chi connectivity index (χ2n) is 9.41. The highest BCUT2D eigenvalue weighted by molar-refractivity contribution is 5.39. The maximum Gasteiger partial charge on any atom is 0.273 e. The molecule has 1 aliphatic rings. The Morgan fingerprint density at radius 1 is 0.816 bits per heavy atom. The van der Waals surface area contributed by atoms with Gasteiger partial charge in [-0.3, -0.25) is 20.2 Å². The van der Waals surface area contributed by atoms with Crippen LogP contribution in [0, 0.1) is 20.2 Å². The third-order valence-electron chi connectivity index (χ3n) is 6.58. The normalized spacial score (nSPS) is 20.7. The zero-order valence-corrected chi connectivity index (χ0v) is 21.5. The van der Waals surface area contributed by atoms with Gasteiger partial charge in [-0.05, 0) is 31.4 Å². The van der Waals surface area contributed by atoms with Crippen molar-refractivity contribution < 1.29 is 29.2 Å². The summed E-state index contributed by atoms with van der Waals surface area (Å²) >= 11 is 0. The molecule has 1 N–H and O–H groups in total. The maximum atomic E-state index is 11.3. The van der Waals surface area contributed by atoms with Gasteiger partial charge >= 0.3 is 0 Å². The Hall–Kier alpha value is -3.50. The summed E-state index contributed by atoms with van der Waals surface area (Å²) in [6.45, 7) is 3.41. The predicted octanol–water partition coefficient (Wildman–Crippen LogP) is 6.15. The molecule has 0 radical (unpaired) electrons. The summed E-state index contributed by atoms with van der Waals surface area (Å²) in [6.07, 6.45) is 8.76. The van der Waals surface area contributed by atoms with E-state index in [1.165, 1.54) is 55.7 Å². The number of benzene rings is 2. The van der Waals surface area contributed by atoms with E-state index >= 15 is 0 Å². The summed E-state index contributed by atoms with van der Waals surface area (Å²) in [6, 6.07) is 11.6. The van der Waals surface area contributed by atoms with Crippen LogP contribution in [-0.4, -0.2) is 46.0 Å². The van der Waals surface area contributed by atoms with E-state index in [1.54, 1.807) is 12.1 Å². The van der Waals surface area contributed by atoms with E-state index in [0.717, 1.165) is 32.1 Å². The molecule has 0 aromatic heterocycles. The number of rotatable bonds is 17. The van der Waals surface area contributed by atoms with Gasteiger partial charge in [0.2, 0.25) is 0 Å². The standard InChI is InChI=1S/C28H36N2O8/c1-2-3-4-5-6-7-8-9-10-17-25-27(36-23-15-11-13-21(18-23)29(32)33)28(26(20-31)38-25)37-24-16-12-14-22(19-24)30(34)35/h2,11-16,18-19,25-28,31H,1,3-10,17,20H2/t25-,26-,27-,28-/m1/s1. The van der Waals surface area contributed by atoms with E-state index in [2.05, 4.69) is 6.58 Å². The van der Waals surface area contributed by atoms with Crippen LogP contribution in [0.15, 0.2) is 61.2 Å². The van der Waals surface area contributed by atoms with Crippen molar-refractivity contribution in [2.45, 2.75) is 82.2 Å². The first-order chi connectivity index (χ1) is 18.4. The average Bonchev–Trinajstić information content (AvgIpc) is 3.23. The molecule has 0 spiro atoms. The van der Waals surface area contributed by atoms with Crippen LogP contribution in [0.3, 0.4) is 0 Å². The van der Waals surface area contributed by atoms with Crippen molar-refractivity contribution in [1.82, 2.24) is 0 Å². The summed E-state index contributed by atoms with van der Waals surface area (Å²) in [4.78, 5) is 21.5. The molecule has 0 aliphatic carbocycles. The van der Waals surface area contributed by atoms with Crippen LogP contribution in [0.4, 0.5) is 11.4 Å². The summed E-state index contributed by atoms with van der Waals surface area (Å²) < 4.78 is 18.4. The van der Waals surface area contributed by atoms with Crippen molar-refractivity contribution in [3.05, 3.63) is 81.4 Å². The largest absolute Gasteiger partial charge is 0.483 e. The van der Waals surface area contributed by atoms with E-state index in [4.69, 9.17) is 14.2 Å². The molecule has 4 atom stereocenters. The Kier molecular flexibility index (Phi) is 11.5. The van der Waals surface area contributed by atoms with Crippen molar-refractivity contribution in [3.8, 4) is 11.5 Å². The van der Waals surface area contributed by atoms with E-state index in [1.807, 2.05) is 6.08 Å². The lowest BCUT2D eigenvalue weighted by Crippen LogP contribution is -2.43. The maximum absolute atomic E-state index is 11.3. The zero-order chi connectivity index (χ0) is 27.3. The molecule has 1 saturated heterocycles. The monoisotopic (exact) mass is 528 g/mol. The van der Waals surface area contributed by atoms with Gasteiger partial charge in [-0.15, -0.1) is 6.58 Å². The first-order valence-electron chi connectivity index (χ1n) is 13.1. The first-order valence-corrected chi connectivity index (χ1v) is 13.1. The second kappa shape index (κ2) is 15.0. The number of allylic oxidation sites excluding steroid dienone is 1. The quantitative estimate of drug-likeness (QED) is 0.112. The van der Waals surface area contributed by atoms with Crippen molar-refractivity contribution in [2.75, 3.05) is 6.61 Å². The molecule has 0 saturated carbocycles. The molecule has 0 amide bonds. The highest BCUT2D eigenvalue weighted by Crippen LogP contribution is 2.34. The van der Waals surface area contributed by atoms with Crippen LogP contribution in [-0.2, 0) is 4.74 Å². The molecular formula is C28H36N2O8. The number of non-ortho nitro benzene ring substituents is 2. The Labute approximate surface area is 222 Å². The van der Waals surface area contributed by atoms with Gasteiger partial charge in [-0.1, -0.05) is 56.7 Å². The minimum absolute atomic E-state index is 0.110. The number of nitro groups is 2. The number of hydrogen-bond donors (Lipinski definition) is 1.